The molecule has 0 atom stereocenters. The summed E-state index contributed by atoms with van der Waals surface area (Å²) in [7, 11) is 0. The lowest BCUT2D eigenvalue weighted by atomic mass is 9.68. The minimum absolute atomic E-state index is 0.413. The lowest BCUT2D eigenvalue weighted by Gasteiger charge is -2.35. The fourth-order valence-electron chi connectivity index (χ4n) is 1.92. The molecule has 1 saturated carbocycles. The van der Waals surface area contributed by atoms with Crippen LogP contribution in [-0.4, -0.2) is 26.8 Å². The number of carboxylic acids is 1. The van der Waals surface area contributed by atoms with Gasteiger partial charge in [0.25, 0.3) is 0 Å². The minimum Gasteiger partial charge on any atom is -0.480 e. The Labute approximate surface area is 98.6 Å². The molecule has 1 aromatic rings. The molecule has 0 saturated heterocycles. The van der Waals surface area contributed by atoms with Gasteiger partial charge in [-0.05, 0) is 19.8 Å². The van der Waals surface area contributed by atoms with Crippen LogP contribution < -0.4 is 5.32 Å². The number of anilines is 1. The van der Waals surface area contributed by atoms with E-state index in [1.165, 1.54) is 6.20 Å². The normalized spacial score (nSPS) is 17.2. The van der Waals surface area contributed by atoms with Gasteiger partial charge in [0.2, 0.25) is 5.91 Å². The molecule has 1 amide bonds. The standard InChI is InChI=1S/C11H15N3O3/c1-2-14-7-8(6-12-14)13-9(15)11(10(16)17)4-3-5-11/h6-7H,2-5H2,1H3,(H,13,15)(H,16,17). The molecule has 1 fully saturated rings. The van der Waals surface area contributed by atoms with Crippen molar-refractivity contribution in [3.63, 3.8) is 0 Å². The predicted molar refractivity (Wildman–Crippen MR) is 60.5 cm³/mol. The van der Waals surface area contributed by atoms with Gasteiger partial charge in [-0.3, -0.25) is 14.3 Å². The summed E-state index contributed by atoms with van der Waals surface area (Å²) < 4.78 is 1.67. The zero-order valence-electron chi connectivity index (χ0n) is 9.64. The topological polar surface area (TPSA) is 84.2 Å². The van der Waals surface area contributed by atoms with Gasteiger partial charge in [0.1, 0.15) is 5.41 Å². The summed E-state index contributed by atoms with van der Waals surface area (Å²) >= 11 is 0. The maximum absolute atomic E-state index is 11.9. The van der Waals surface area contributed by atoms with Crippen molar-refractivity contribution in [2.45, 2.75) is 32.7 Å². The van der Waals surface area contributed by atoms with Gasteiger partial charge in [0, 0.05) is 12.7 Å². The van der Waals surface area contributed by atoms with Gasteiger partial charge in [-0.25, -0.2) is 0 Å². The molecule has 0 spiro atoms. The highest BCUT2D eigenvalue weighted by Gasteiger charge is 2.51. The fraction of sp³-hybridized carbons (Fsp3) is 0.545. The van der Waals surface area contributed by atoms with Crippen LogP contribution in [0.2, 0.25) is 0 Å². The number of carbonyl (C=O) groups excluding carboxylic acids is 1. The molecule has 1 heterocycles. The predicted octanol–water partition coefficient (Wildman–Crippen LogP) is 1.10. The number of aromatic nitrogens is 2. The third-order valence-electron chi connectivity index (χ3n) is 3.27. The van der Waals surface area contributed by atoms with E-state index in [4.69, 9.17) is 5.11 Å². The second-order valence-electron chi connectivity index (χ2n) is 4.28. The van der Waals surface area contributed by atoms with Crippen molar-refractivity contribution in [2.75, 3.05) is 5.32 Å². The molecule has 0 unspecified atom stereocenters. The molecule has 6 heteroatoms. The first-order chi connectivity index (χ1) is 8.08. The quantitative estimate of drug-likeness (QED) is 0.768. The average Bonchev–Trinajstić information content (AvgIpc) is 2.62. The number of carbonyl (C=O) groups is 2. The number of hydrogen-bond acceptors (Lipinski definition) is 3. The van der Waals surface area contributed by atoms with Gasteiger partial charge in [0.05, 0.1) is 11.9 Å². The summed E-state index contributed by atoms with van der Waals surface area (Å²) in [5.41, 5.74) is -0.682. The number of hydrogen-bond donors (Lipinski definition) is 2. The molecule has 17 heavy (non-hydrogen) atoms. The molecule has 1 aliphatic carbocycles. The summed E-state index contributed by atoms with van der Waals surface area (Å²) in [6.07, 6.45) is 4.82. The van der Waals surface area contributed by atoms with Crippen molar-refractivity contribution >= 4 is 17.6 Å². The lowest BCUT2D eigenvalue weighted by molar-refractivity contribution is -0.159. The second-order valence-corrected chi connectivity index (χ2v) is 4.28. The first-order valence-corrected chi connectivity index (χ1v) is 5.66. The van der Waals surface area contributed by atoms with E-state index in [1.807, 2.05) is 6.92 Å². The van der Waals surface area contributed by atoms with Gasteiger partial charge >= 0.3 is 5.97 Å². The van der Waals surface area contributed by atoms with Gasteiger partial charge in [0.15, 0.2) is 0 Å². The Morgan fingerprint density at radius 2 is 2.29 bits per heavy atom. The van der Waals surface area contributed by atoms with E-state index < -0.39 is 17.3 Å². The van der Waals surface area contributed by atoms with E-state index in [1.54, 1.807) is 10.9 Å². The Balaban J connectivity index is 2.08. The summed E-state index contributed by atoms with van der Waals surface area (Å²) in [4.78, 5) is 23.0. The van der Waals surface area contributed by atoms with Gasteiger partial charge in [-0.15, -0.1) is 0 Å². The summed E-state index contributed by atoms with van der Waals surface area (Å²) in [5, 5.41) is 15.7. The number of aryl methyl sites for hydroxylation is 1. The van der Waals surface area contributed by atoms with E-state index in [0.717, 1.165) is 6.42 Å². The van der Waals surface area contributed by atoms with Crippen molar-refractivity contribution in [1.29, 1.82) is 0 Å². The molecule has 6 nitrogen and oxygen atoms in total. The van der Waals surface area contributed by atoms with Crippen LogP contribution in [0.15, 0.2) is 12.4 Å². The second kappa shape index (κ2) is 4.20. The number of aliphatic carboxylic acids is 1. The fourth-order valence-corrected chi connectivity index (χ4v) is 1.92. The molecule has 0 bridgehead atoms. The van der Waals surface area contributed by atoms with E-state index in [9.17, 15) is 9.59 Å². The van der Waals surface area contributed by atoms with E-state index in [2.05, 4.69) is 10.4 Å². The van der Waals surface area contributed by atoms with Crippen LogP contribution in [0.5, 0.6) is 0 Å². The van der Waals surface area contributed by atoms with E-state index >= 15 is 0 Å². The van der Waals surface area contributed by atoms with Crippen molar-refractivity contribution in [2.24, 2.45) is 5.41 Å². The Bertz CT molecular complexity index is 449. The lowest BCUT2D eigenvalue weighted by Crippen LogP contribution is -2.48. The van der Waals surface area contributed by atoms with Gasteiger partial charge in [-0.2, -0.15) is 5.10 Å². The zero-order chi connectivity index (χ0) is 12.5. The van der Waals surface area contributed by atoms with E-state index in [-0.39, 0.29) is 0 Å². The summed E-state index contributed by atoms with van der Waals surface area (Å²) in [6.45, 7) is 2.64. The minimum atomic E-state index is -1.23. The highest BCUT2D eigenvalue weighted by Crippen LogP contribution is 2.42. The molecule has 0 radical (unpaired) electrons. The molecule has 1 aliphatic rings. The molecule has 2 rings (SSSR count). The van der Waals surface area contributed by atoms with E-state index in [0.29, 0.717) is 25.1 Å². The summed E-state index contributed by atoms with van der Waals surface area (Å²) in [5.74, 6) is -1.48. The third kappa shape index (κ3) is 1.90. The van der Waals surface area contributed by atoms with Crippen LogP contribution >= 0.6 is 0 Å². The molecule has 92 valence electrons. The van der Waals surface area contributed by atoms with Crippen LogP contribution in [-0.2, 0) is 16.1 Å². The molecular weight excluding hydrogens is 222 g/mol. The zero-order valence-corrected chi connectivity index (χ0v) is 9.64. The SMILES string of the molecule is CCn1cc(NC(=O)C2(C(=O)O)CCC2)cn1. The molecule has 0 aromatic carbocycles. The third-order valence-corrected chi connectivity index (χ3v) is 3.27. The highest BCUT2D eigenvalue weighted by atomic mass is 16.4. The van der Waals surface area contributed by atoms with Crippen LogP contribution in [0.1, 0.15) is 26.2 Å². The maximum Gasteiger partial charge on any atom is 0.319 e. The number of nitrogens with one attached hydrogen (secondary N) is 1. The molecule has 1 aromatic heterocycles. The first-order valence-electron chi connectivity index (χ1n) is 5.66. The van der Waals surface area contributed by atoms with Crippen LogP contribution in [0, 0.1) is 5.41 Å². The number of rotatable bonds is 4. The molecule has 2 N–H and O–H groups in total. The van der Waals surface area contributed by atoms with Crippen molar-refractivity contribution in [3.05, 3.63) is 12.4 Å². The van der Waals surface area contributed by atoms with Crippen molar-refractivity contribution in [1.82, 2.24) is 9.78 Å². The number of nitrogens with zero attached hydrogens (tertiary/aromatic N) is 2. The largest absolute Gasteiger partial charge is 0.480 e. The Hall–Kier alpha value is -1.85. The molecular formula is C11H15N3O3. The smallest absolute Gasteiger partial charge is 0.319 e. The Morgan fingerprint density at radius 1 is 1.59 bits per heavy atom. The Morgan fingerprint density at radius 3 is 2.71 bits per heavy atom. The van der Waals surface area contributed by atoms with Crippen LogP contribution in [0.4, 0.5) is 5.69 Å². The van der Waals surface area contributed by atoms with Gasteiger partial charge < -0.3 is 10.4 Å². The van der Waals surface area contributed by atoms with Crippen molar-refractivity contribution in [3.8, 4) is 0 Å². The van der Waals surface area contributed by atoms with Gasteiger partial charge in [-0.1, -0.05) is 6.42 Å². The monoisotopic (exact) mass is 237 g/mol. The first kappa shape index (κ1) is 11.6. The molecule has 0 aliphatic heterocycles. The Kier molecular flexibility index (Phi) is 2.87. The summed E-state index contributed by atoms with van der Waals surface area (Å²) in [6, 6.07) is 0. The number of carboxylic acid groups (broad SMARTS) is 1. The average molecular weight is 237 g/mol. The van der Waals surface area contributed by atoms with Crippen LogP contribution in [0.3, 0.4) is 0 Å². The maximum atomic E-state index is 11.9. The van der Waals surface area contributed by atoms with Crippen molar-refractivity contribution < 1.29 is 14.7 Å². The number of amides is 1. The van der Waals surface area contributed by atoms with Crippen LogP contribution in [0.25, 0.3) is 0 Å². The highest BCUT2D eigenvalue weighted by molar-refractivity contribution is 6.09.